The summed E-state index contributed by atoms with van der Waals surface area (Å²) in [6, 6.07) is 0.588. The molecule has 16 heavy (non-hydrogen) atoms. The van der Waals surface area contributed by atoms with Crippen molar-refractivity contribution in [2.24, 2.45) is 0 Å². The fourth-order valence-electron chi connectivity index (χ4n) is 2.73. The number of carbonyl (C=O) groups is 1. The minimum Gasteiger partial charge on any atom is -0.336 e. The van der Waals surface area contributed by atoms with E-state index in [1.165, 1.54) is 19.4 Å². The van der Waals surface area contributed by atoms with Crippen LogP contribution in [0.5, 0.6) is 0 Å². The SMILES string of the molecule is O=C(c1cn[nH]c1)N1CCN2CCCC2C1. The minimum atomic E-state index is 0.111. The molecule has 1 aromatic rings. The minimum absolute atomic E-state index is 0.111. The smallest absolute Gasteiger partial charge is 0.257 e. The van der Waals surface area contributed by atoms with Crippen LogP contribution in [0.2, 0.25) is 0 Å². The summed E-state index contributed by atoms with van der Waals surface area (Å²) in [5, 5.41) is 6.51. The molecule has 0 saturated carbocycles. The maximum atomic E-state index is 12.1. The molecular weight excluding hydrogens is 204 g/mol. The van der Waals surface area contributed by atoms with Crippen LogP contribution in [0.1, 0.15) is 23.2 Å². The molecule has 0 spiro atoms. The Balaban J connectivity index is 1.70. The number of carbonyl (C=O) groups excluding carboxylic acids is 1. The first-order valence-corrected chi connectivity index (χ1v) is 5.87. The Morgan fingerprint density at radius 3 is 3.19 bits per heavy atom. The van der Waals surface area contributed by atoms with Crippen LogP contribution in [-0.4, -0.2) is 58.1 Å². The Morgan fingerprint density at radius 2 is 2.38 bits per heavy atom. The lowest BCUT2D eigenvalue weighted by molar-refractivity contribution is 0.0571. The first kappa shape index (κ1) is 9.84. The molecule has 3 heterocycles. The second-order valence-corrected chi connectivity index (χ2v) is 4.57. The molecule has 0 aliphatic carbocycles. The van der Waals surface area contributed by atoms with Gasteiger partial charge in [0.05, 0.1) is 11.8 Å². The van der Waals surface area contributed by atoms with Crippen LogP contribution in [0.3, 0.4) is 0 Å². The van der Waals surface area contributed by atoms with Crippen molar-refractivity contribution in [2.75, 3.05) is 26.2 Å². The summed E-state index contributed by atoms with van der Waals surface area (Å²) in [6.07, 6.45) is 5.78. The molecule has 2 fully saturated rings. The summed E-state index contributed by atoms with van der Waals surface area (Å²) in [4.78, 5) is 16.6. The molecule has 2 aliphatic heterocycles. The van der Waals surface area contributed by atoms with Gasteiger partial charge in [0.15, 0.2) is 0 Å². The van der Waals surface area contributed by atoms with Crippen LogP contribution in [0.25, 0.3) is 0 Å². The molecule has 3 rings (SSSR count). The van der Waals surface area contributed by atoms with E-state index in [-0.39, 0.29) is 5.91 Å². The third-order valence-electron chi connectivity index (χ3n) is 3.62. The number of rotatable bonds is 1. The third kappa shape index (κ3) is 1.61. The highest BCUT2D eigenvalue weighted by atomic mass is 16.2. The monoisotopic (exact) mass is 220 g/mol. The average Bonchev–Trinajstić information content (AvgIpc) is 2.98. The topological polar surface area (TPSA) is 52.2 Å². The molecule has 1 amide bonds. The number of amides is 1. The van der Waals surface area contributed by atoms with Gasteiger partial charge in [-0.05, 0) is 19.4 Å². The van der Waals surface area contributed by atoms with Gasteiger partial charge >= 0.3 is 0 Å². The number of fused-ring (bicyclic) bond motifs is 1. The number of hydrogen-bond acceptors (Lipinski definition) is 3. The van der Waals surface area contributed by atoms with E-state index in [0.717, 1.165) is 19.6 Å². The lowest BCUT2D eigenvalue weighted by Gasteiger charge is -2.37. The van der Waals surface area contributed by atoms with Crippen molar-refractivity contribution in [3.8, 4) is 0 Å². The van der Waals surface area contributed by atoms with Gasteiger partial charge in [-0.25, -0.2) is 0 Å². The molecule has 1 N–H and O–H groups in total. The fraction of sp³-hybridized carbons (Fsp3) is 0.636. The quantitative estimate of drug-likeness (QED) is 0.742. The summed E-state index contributed by atoms with van der Waals surface area (Å²) in [6.45, 7) is 3.96. The average molecular weight is 220 g/mol. The Morgan fingerprint density at radius 1 is 1.44 bits per heavy atom. The molecule has 0 bridgehead atoms. The van der Waals surface area contributed by atoms with Crippen LogP contribution in [0.15, 0.2) is 12.4 Å². The predicted molar refractivity (Wildman–Crippen MR) is 59.1 cm³/mol. The van der Waals surface area contributed by atoms with Gasteiger partial charge in [0, 0.05) is 31.9 Å². The standard InChI is InChI=1S/C11H16N4O/c16-11(9-6-12-13-7-9)15-5-4-14-3-1-2-10(14)8-15/h6-7,10H,1-5,8H2,(H,12,13). The van der Waals surface area contributed by atoms with Gasteiger partial charge in [0.1, 0.15) is 0 Å². The summed E-state index contributed by atoms with van der Waals surface area (Å²) < 4.78 is 0. The van der Waals surface area contributed by atoms with Crippen molar-refractivity contribution in [2.45, 2.75) is 18.9 Å². The van der Waals surface area contributed by atoms with Gasteiger partial charge in [0.2, 0.25) is 0 Å². The molecule has 0 radical (unpaired) electrons. The van der Waals surface area contributed by atoms with Crippen molar-refractivity contribution in [3.63, 3.8) is 0 Å². The summed E-state index contributed by atoms with van der Waals surface area (Å²) in [5.41, 5.74) is 0.673. The summed E-state index contributed by atoms with van der Waals surface area (Å²) >= 11 is 0. The maximum Gasteiger partial charge on any atom is 0.257 e. The van der Waals surface area contributed by atoms with Crippen LogP contribution >= 0.6 is 0 Å². The highest BCUT2D eigenvalue weighted by Crippen LogP contribution is 2.22. The second-order valence-electron chi connectivity index (χ2n) is 4.57. The Kier molecular flexibility index (Phi) is 2.40. The van der Waals surface area contributed by atoms with Gasteiger partial charge in [-0.3, -0.25) is 14.8 Å². The first-order chi connectivity index (χ1) is 7.84. The van der Waals surface area contributed by atoms with Gasteiger partial charge in [0.25, 0.3) is 5.91 Å². The molecule has 86 valence electrons. The number of aromatic amines is 1. The number of hydrogen-bond donors (Lipinski definition) is 1. The zero-order valence-corrected chi connectivity index (χ0v) is 9.22. The predicted octanol–water partition coefficient (Wildman–Crippen LogP) is 0.330. The maximum absolute atomic E-state index is 12.1. The highest BCUT2D eigenvalue weighted by molar-refractivity contribution is 5.93. The second kappa shape index (κ2) is 3.90. The lowest BCUT2D eigenvalue weighted by atomic mass is 10.1. The molecule has 1 unspecified atom stereocenters. The fourth-order valence-corrected chi connectivity index (χ4v) is 2.73. The highest BCUT2D eigenvalue weighted by Gasteiger charge is 2.32. The van der Waals surface area contributed by atoms with Crippen LogP contribution in [0, 0.1) is 0 Å². The number of H-pyrrole nitrogens is 1. The summed E-state index contributed by atoms with van der Waals surface area (Å²) in [5.74, 6) is 0.111. The van der Waals surface area contributed by atoms with Gasteiger partial charge in [-0.2, -0.15) is 5.10 Å². The molecule has 5 nitrogen and oxygen atoms in total. The molecule has 0 aromatic carbocycles. The number of aromatic nitrogens is 2. The number of nitrogens with one attached hydrogen (secondary N) is 1. The molecule has 2 aliphatic rings. The van der Waals surface area contributed by atoms with E-state index in [2.05, 4.69) is 15.1 Å². The zero-order chi connectivity index (χ0) is 11.0. The first-order valence-electron chi connectivity index (χ1n) is 5.87. The number of piperazine rings is 1. The lowest BCUT2D eigenvalue weighted by Crippen LogP contribution is -2.52. The van der Waals surface area contributed by atoms with E-state index >= 15 is 0 Å². The number of nitrogens with zero attached hydrogens (tertiary/aromatic N) is 3. The van der Waals surface area contributed by atoms with Crippen LogP contribution in [-0.2, 0) is 0 Å². The van der Waals surface area contributed by atoms with Crippen molar-refractivity contribution in [1.82, 2.24) is 20.0 Å². The van der Waals surface area contributed by atoms with Crippen LogP contribution < -0.4 is 0 Å². The molecular formula is C11H16N4O. The molecule has 2 saturated heterocycles. The molecule has 1 atom stereocenters. The van der Waals surface area contributed by atoms with Crippen molar-refractivity contribution < 1.29 is 4.79 Å². The molecule has 1 aromatic heterocycles. The zero-order valence-electron chi connectivity index (χ0n) is 9.22. The largest absolute Gasteiger partial charge is 0.336 e. The van der Waals surface area contributed by atoms with Crippen molar-refractivity contribution >= 4 is 5.91 Å². The third-order valence-corrected chi connectivity index (χ3v) is 3.62. The Bertz CT molecular complexity index is 375. The van der Waals surface area contributed by atoms with Gasteiger partial charge < -0.3 is 4.90 Å². The molecule has 5 heteroatoms. The van der Waals surface area contributed by atoms with Gasteiger partial charge in [-0.15, -0.1) is 0 Å². The van der Waals surface area contributed by atoms with Gasteiger partial charge in [-0.1, -0.05) is 0 Å². The van der Waals surface area contributed by atoms with E-state index in [0.29, 0.717) is 11.6 Å². The Hall–Kier alpha value is -1.36. The van der Waals surface area contributed by atoms with Crippen LogP contribution in [0.4, 0.5) is 0 Å². The normalized spacial score (nSPS) is 25.8. The van der Waals surface area contributed by atoms with E-state index < -0.39 is 0 Å². The van der Waals surface area contributed by atoms with E-state index in [4.69, 9.17) is 0 Å². The van der Waals surface area contributed by atoms with E-state index in [1.54, 1.807) is 12.4 Å². The van der Waals surface area contributed by atoms with E-state index in [9.17, 15) is 4.79 Å². The van der Waals surface area contributed by atoms with Crippen molar-refractivity contribution in [1.29, 1.82) is 0 Å². The summed E-state index contributed by atoms with van der Waals surface area (Å²) in [7, 11) is 0. The van der Waals surface area contributed by atoms with E-state index in [1.807, 2.05) is 4.90 Å². The Labute approximate surface area is 94.4 Å². The van der Waals surface area contributed by atoms with Crippen molar-refractivity contribution in [3.05, 3.63) is 18.0 Å².